The van der Waals surface area contributed by atoms with Gasteiger partial charge in [0.15, 0.2) is 6.29 Å². The number of methoxy groups -OCH3 is 1. The molecule has 0 fully saturated rings. The predicted molar refractivity (Wildman–Crippen MR) is 105 cm³/mol. The molecule has 26 heavy (non-hydrogen) atoms. The molecule has 0 unspecified atom stereocenters. The summed E-state index contributed by atoms with van der Waals surface area (Å²) in [5, 5.41) is 0.911. The topological polar surface area (TPSA) is 31.2 Å². The number of carbonyl (C=O) groups is 1. The van der Waals surface area contributed by atoms with Gasteiger partial charge in [0.1, 0.15) is 0 Å². The summed E-state index contributed by atoms with van der Waals surface area (Å²) in [6, 6.07) is 26.6. The highest BCUT2D eigenvalue weighted by Gasteiger charge is 2.18. The van der Waals surface area contributed by atoms with Crippen LogP contribution in [-0.4, -0.2) is 18.0 Å². The lowest BCUT2D eigenvalue weighted by atomic mass is 10.0. The lowest BCUT2D eigenvalue weighted by Gasteiger charge is -2.10. The van der Waals surface area contributed by atoms with Crippen molar-refractivity contribution in [1.29, 1.82) is 0 Å². The van der Waals surface area contributed by atoms with Gasteiger partial charge in [0, 0.05) is 5.39 Å². The van der Waals surface area contributed by atoms with Gasteiger partial charge in [0.2, 0.25) is 5.88 Å². The molecule has 3 aromatic carbocycles. The Morgan fingerprint density at radius 3 is 2.23 bits per heavy atom. The first-order valence-corrected chi connectivity index (χ1v) is 8.56. The average molecular weight is 341 g/mol. The number of hydrogen-bond acceptors (Lipinski definition) is 2. The van der Waals surface area contributed by atoms with Gasteiger partial charge in [-0.3, -0.25) is 4.79 Å². The van der Waals surface area contributed by atoms with Crippen molar-refractivity contribution in [3.63, 3.8) is 0 Å². The Hall–Kier alpha value is -3.33. The fourth-order valence-corrected chi connectivity index (χ4v) is 3.42. The minimum absolute atomic E-state index is 0.594. The van der Waals surface area contributed by atoms with Gasteiger partial charge in [-0.1, -0.05) is 66.7 Å². The van der Waals surface area contributed by atoms with Crippen molar-refractivity contribution in [1.82, 2.24) is 4.57 Å². The van der Waals surface area contributed by atoms with Crippen LogP contribution < -0.4 is 4.74 Å². The predicted octanol–water partition coefficient (Wildman–Crippen LogP) is 5.18. The number of carbonyl (C=O) groups excluding carboxylic acids is 1. The molecule has 3 heteroatoms. The number of aldehydes is 1. The third-order valence-electron chi connectivity index (χ3n) is 4.65. The number of fused-ring (bicyclic) bond motifs is 1. The van der Waals surface area contributed by atoms with Crippen molar-refractivity contribution in [2.75, 3.05) is 7.11 Å². The highest BCUT2D eigenvalue weighted by molar-refractivity contribution is 6.02. The molecule has 0 atom stereocenters. The molecular formula is C23H19NO2. The number of nitrogens with zero attached hydrogens (tertiary/aromatic N) is 1. The molecule has 0 amide bonds. The number of rotatable bonds is 5. The molecule has 0 spiro atoms. The van der Waals surface area contributed by atoms with Crippen LogP contribution in [0.25, 0.3) is 22.0 Å². The van der Waals surface area contributed by atoms with E-state index in [1.54, 1.807) is 7.11 Å². The lowest BCUT2D eigenvalue weighted by molar-refractivity contribution is 0.112. The maximum Gasteiger partial charge on any atom is 0.205 e. The van der Waals surface area contributed by atoms with E-state index in [0.717, 1.165) is 33.9 Å². The molecule has 0 N–H and O–H groups in total. The smallest absolute Gasteiger partial charge is 0.205 e. The Bertz CT molecular complexity index is 1050. The van der Waals surface area contributed by atoms with Crippen molar-refractivity contribution in [3.8, 4) is 17.0 Å². The molecule has 0 aliphatic carbocycles. The first-order chi connectivity index (χ1) is 12.8. The van der Waals surface area contributed by atoms with Crippen LogP contribution in [0.15, 0.2) is 78.9 Å². The molecule has 0 aliphatic rings. The number of hydrogen-bond donors (Lipinski definition) is 0. The van der Waals surface area contributed by atoms with E-state index in [9.17, 15) is 4.79 Å². The van der Waals surface area contributed by atoms with E-state index in [1.165, 1.54) is 0 Å². The molecule has 0 bridgehead atoms. The Morgan fingerprint density at radius 2 is 1.58 bits per heavy atom. The second-order valence-corrected chi connectivity index (χ2v) is 6.21. The van der Waals surface area contributed by atoms with E-state index in [-0.39, 0.29) is 0 Å². The zero-order valence-corrected chi connectivity index (χ0v) is 14.6. The second kappa shape index (κ2) is 6.89. The van der Waals surface area contributed by atoms with Crippen molar-refractivity contribution in [2.45, 2.75) is 6.54 Å². The summed E-state index contributed by atoms with van der Waals surface area (Å²) in [7, 11) is 1.61. The van der Waals surface area contributed by atoms with Crippen LogP contribution in [-0.2, 0) is 6.54 Å². The van der Waals surface area contributed by atoms with Crippen LogP contribution in [0.2, 0.25) is 0 Å². The van der Waals surface area contributed by atoms with Crippen molar-refractivity contribution < 1.29 is 9.53 Å². The zero-order chi connectivity index (χ0) is 17.9. The third kappa shape index (κ3) is 2.78. The van der Waals surface area contributed by atoms with Gasteiger partial charge < -0.3 is 9.30 Å². The fraction of sp³-hybridized carbons (Fsp3) is 0.0870. The summed E-state index contributed by atoms with van der Waals surface area (Å²) in [6.45, 7) is 0.652. The van der Waals surface area contributed by atoms with Crippen LogP contribution in [0.1, 0.15) is 15.9 Å². The van der Waals surface area contributed by atoms with E-state index >= 15 is 0 Å². The van der Waals surface area contributed by atoms with Crippen LogP contribution in [0.4, 0.5) is 0 Å². The molecule has 4 aromatic rings. The molecule has 1 aromatic heterocycles. The van der Waals surface area contributed by atoms with Gasteiger partial charge in [-0.05, 0) is 28.8 Å². The van der Waals surface area contributed by atoms with Crippen molar-refractivity contribution in [2.24, 2.45) is 0 Å². The van der Waals surface area contributed by atoms with E-state index in [2.05, 4.69) is 47.0 Å². The number of aromatic nitrogens is 1. The summed E-state index contributed by atoms with van der Waals surface area (Å²) in [5.74, 6) is 0.601. The Labute approximate surface area is 152 Å². The maximum atomic E-state index is 11.8. The molecule has 3 nitrogen and oxygen atoms in total. The summed E-state index contributed by atoms with van der Waals surface area (Å²) in [5.41, 5.74) is 4.96. The van der Waals surface area contributed by atoms with Crippen molar-refractivity contribution >= 4 is 17.2 Å². The quantitative estimate of drug-likeness (QED) is 0.469. The average Bonchev–Trinajstić information content (AvgIpc) is 3.01. The Morgan fingerprint density at radius 1 is 0.885 bits per heavy atom. The van der Waals surface area contributed by atoms with Gasteiger partial charge in [-0.15, -0.1) is 0 Å². The first-order valence-electron chi connectivity index (χ1n) is 8.56. The maximum absolute atomic E-state index is 11.8. The van der Waals surface area contributed by atoms with Gasteiger partial charge in [-0.25, -0.2) is 0 Å². The molecule has 4 rings (SSSR count). The zero-order valence-electron chi connectivity index (χ0n) is 14.6. The normalized spacial score (nSPS) is 10.8. The Kier molecular flexibility index (Phi) is 4.28. The summed E-state index contributed by atoms with van der Waals surface area (Å²) < 4.78 is 7.66. The molecule has 0 aliphatic heterocycles. The highest BCUT2D eigenvalue weighted by atomic mass is 16.5. The summed E-state index contributed by atoms with van der Waals surface area (Å²) >= 11 is 0. The van der Waals surface area contributed by atoms with Crippen LogP contribution >= 0.6 is 0 Å². The summed E-state index contributed by atoms with van der Waals surface area (Å²) in [6.07, 6.45) is 0.886. The largest absolute Gasteiger partial charge is 0.482 e. The van der Waals surface area contributed by atoms with Gasteiger partial charge in [-0.2, -0.15) is 0 Å². The number of benzene rings is 3. The molecule has 1 heterocycles. The van der Waals surface area contributed by atoms with Crippen LogP contribution in [0.5, 0.6) is 5.88 Å². The molecule has 0 radical (unpaired) electrons. The number of ether oxygens (including phenoxy) is 1. The highest BCUT2D eigenvalue weighted by Crippen LogP contribution is 2.34. The SMILES string of the molecule is COc1c(C=O)c2cc(-c3ccccc3)ccc2n1Cc1ccccc1. The van der Waals surface area contributed by atoms with Gasteiger partial charge >= 0.3 is 0 Å². The lowest BCUT2D eigenvalue weighted by Crippen LogP contribution is -2.02. The van der Waals surface area contributed by atoms with Crippen LogP contribution in [0, 0.1) is 0 Å². The van der Waals surface area contributed by atoms with Gasteiger partial charge in [0.25, 0.3) is 0 Å². The summed E-state index contributed by atoms with van der Waals surface area (Å²) in [4.78, 5) is 11.8. The fourth-order valence-electron chi connectivity index (χ4n) is 3.42. The molecule has 0 saturated heterocycles. The van der Waals surface area contributed by atoms with E-state index < -0.39 is 0 Å². The van der Waals surface area contributed by atoms with E-state index in [4.69, 9.17) is 4.74 Å². The van der Waals surface area contributed by atoms with Crippen LogP contribution in [0.3, 0.4) is 0 Å². The van der Waals surface area contributed by atoms with E-state index in [0.29, 0.717) is 18.0 Å². The minimum Gasteiger partial charge on any atom is -0.482 e. The standard InChI is InChI=1S/C23H19NO2/c1-26-23-21(16-25)20-14-19(18-10-6-3-7-11-18)12-13-22(20)24(23)15-17-8-4-2-5-9-17/h2-14,16H,15H2,1H3. The Balaban J connectivity index is 1.90. The van der Waals surface area contributed by atoms with Gasteiger partial charge in [0.05, 0.1) is 24.7 Å². The molecular weight excluding hydrogens is 322 g/mol. The monoisotopic (exact) mass is 341 g/mol. The molecule has 128 valence electrons. The van der Waals surface area contributed by atoms with Crippen molar-refractivity contribution in [3.05, 3.63) is 90.0 Å². The molecule has 0 saturated carbocycles. The van der Waals surface area contributed by atoms with E-state index in [1.807, 2.05) is 36.4 Å². The third-order valence-corrected chi connectivity index (χ3v) is 4.65. The first kappa shape index (κ1) is 16.2. The second-order valence-electron chi connectivity index (χ2n) is 6.21. The minimum atomic E-state index is 0.594.